The molecule has 1 aromatic carbocycles. The molecule has 5 atom stereocenters. The maximum atomic E-state index is 6.59. The molecule has 0 radical (unpaired) electrons. The molecule has 3 saturated carbocycles. The molecular weight excluding hydrogens is 464 g/mol. The third kappa shape index (κ3) is 3.18. The number of fused-ring (bicyclic) bond motifs is 5. The summed E-state index contributed by atoms with van der Waals surface area (Å²) in [5.74, 6) is 1.68. The summed E-state index contributed by atoms with van der Waals surface area (Å²) in [6.07, 6.45) is 9.28. The van der Waals surface area contributed by atoms with Crippen molar-refractivity contribution < 1.29 is 9.47 Å². The molecule has 1 unspecified atom stereocenters. The van der Waals surface area contributed by atoms with E-state index in [2.05, 4.69) is 45.0 Å². The Hall–Kier alpha value is -3.23. The van der Waals surface area contributed by atoms with Crippen LogP contribution in [0.1, 0.15) is 62.6 Å². The number of aromatic nitrogens is 4. The molecule has 8 nitrogen and oxygen atoms in total. The molecule has 1 aliphatic heterocycles. The van der Waals surface area contributed by atoms with Gasteiger partial charge in [0, 0.05) is 17.0 Å². The minimum absolute atomic E-state index is 0.0144. The Bertz CT molecular complexity index is 1580. The van der Waals surface area contributed by atoms with Gasteiger partial charge in [-0.3, -0.25) is 0 Å². The fraction of sp³-hybridized carbons (Fsp3) is 0.483. The molecule has 3 aromatic heterocycles. The quantitative estimate of drug-likeness (QED) is 0.410. The van der Waals surface area contributed by atoms with Crippen LogP contribution in [0, 0.1) is 11.3 Å². The van der Waals surface area contributed by atoms with Gasteiger partial charge in [-0.1, -0.05) is 12.1 Å². The fourth-order valence-corrected chi connectivity index (χ4v) is 7.36. The second-order valence-corrected chi connectivity index (χ2v) is 12.0. The standard InChI is InChI=1S/C29H32N6O2/c1-28(2)36-23-22(35-10-8-18-25(30)32-14-33-27(18)35)20-13-29(20,24(23)37-28)9-7-15-3-4-17-12-19(16-5-6-16)26(31)34-21(17)11-15/h3-4,8,10-12,14,16,20,22-24H,5-7,9,13H2,1-2H3,(H2,31,34)(H2,30,32,33)/t20-,22-,23+,24+,29?/m1/s1. The molecule has 4 aromatic rings. The highest BCUT2D eigenvalue weighted by Crippen LogP contribution is 2.73. The van der Waals surface area contributed by atoms with Gasteiger partial charge in [0.15, 0.2) is 5.79 Å². The van der Waals surface area contributed by atoms with Gasteiger partial charge in [0.1, 0.15) is 29.7 Å². The van der Waals surface area contributed by atoms with Crippen LogP contribution >= 0.6 is 0 Å². The summed E-state index contributed by atoms with van der Waals surface area (Å²) >= 11 is 0. The van der Waals surface area contributed by atoms with E-state index in [1.54, 1.807) is 6.33 Å². The molecule has 0 spiro atoms. The highest BCUT2D eigenvalue weighted by molar-refractivity contribution is 5.86. The summed E-state index contributed by atoms with van der Waals surface area (Å²) in [7, 11) is 0. The highest BCUT2D eigenvalue weighted by atomic mass is 16.8. The number of aryl methyl sites for hydroxylation is 1. The molecule has 8 rings (SSSR count). The Kier molecular flexibility index (Phi) is 4.25. The van der Waals surface area contributed by atoms with Crippen molar-refractivity contribution in [3.8, 4) is 0 Å². The van der Waals surface area contributed by atoms with Gasteiger partial charge in [-0.15, -0.1) is 0 Å². The van der Waals surface area contributed by atoms with E-state index in [1.165, 1.54) is 29.4 Å². The minimum atomic E-state index is -0.602. The topological polar surface area (TPSA) is 114 Å². The van der Waals surface area contributed by atoms with Crippen molar-refractivity contribution in [2.75, 3.05) is 11.5 Å². The Morgan fingerprint density at radius 3 is 2.76 bits per heavy atom. The van der Waals surface area contributed by atoms with E-state index in [0.29, 0.717) is 23.5 Å². The van der Waals surface area contributed by atoms with Gasteiger partial charge in [0.05, 0.1) is 23.0 Å². The van der Waals surface area contributed by atoms with Crippen molar-refractivity contribution in [1.29, 1.82) is 0 Å². The summed E-state index contributed by atoms with van der Waals surface area (Å²) in [4.78, 5) is 13.5. The predicted molar refractivity (Wildman–Crippen MR) is 142 cm³/mol. The lowest BCUT2D eigenvalue weighted by Gasteiger charge is -2.24. The first kappa shape index (κ1) is 21.8. The first-order chi connectivity index (χ1) is 17.8. The zero-order valence-corrected chi connectivity index (χ0v) is 21.2. The molecule has 190 valence electrons. The van der Waals surface area contributed by atoms with E-state index < -0.39 is 5.79 Å². The number of ether oxygens (including phenoxy) is 2. The average molecular weight is 497 g/mol. The number of nitrogens with zero attached hydrogens (tertiary/aromatic N) is 4. The van der Waals surface area contributed by atoms with Gasteiger partial charge < -0.3 is 25.5 Å². The molecule has 0 amide bonds. The van der Waals surface area contributed by atoms with Crippen molar-refractivity contribution in [2.45, 2.75) is 75.9 Å². The average Bonchev–Trinajstić information content (AvgIpc) is 3.74. The molecule has 3 aliphatic carbocycles. The van der Waals surface area contributed by atoms with Crippen molar-refractivity contribution in [2.24, 2.45) is 11.3 Å². The molecule has 0 bridgehead atoms. The molecule has 4 N–H and O–H groups in total. The number of hydrogen-bond acceptors (Lipinski definition) is 7. The summed E-state index contributed by atoms with van der Waals surface area (Å²) in [5, 5.41) is 2.07. The van der Waals surface area contributed by atoms with Crippen molar-refractivity contribution in [1.82, 2.24) is 19.5 Å². The molecule has 1 saturated heterocycles. The lowest BCUT2D eigenvalue weighted by atomic mass is 9.91. The zero-order chi connectivity index (χ0) is 25.1. The second-order valence-electron chi connectivity index (χ2n) is 12.0. The Labute approximate surface area is 215 Å². The van der Waals surface area contributed by atoms with Gasteiger partial charge in [0.25, 0.3) is 0 Å². The van der Waals surface area contributed by atoms with E-state index >= 15 is 0 Å². The van der Waals surface area contributed by atoms with Crippen LogP contribution in [0.4, 0.5) is 11.6 Å². The molecule has 4 aliphatic rings. The lowest BCUT2D eigenvalue weighted by molar-refractivity contribution is -0.161. The van der Waals surface area contributed by atoms with Gasteiger partial charge in [-0.25, -0.2) is 15.0 Å². The van der Waals surface area contributed by atoms with Crippen LogP contribution in [-0.4, -0.2) is 37.5 Å². The van der Waals surface area contributed by atoms with Crippen LogP contribution in [0.2, 0.25) is 0 Å². The third-order valence-electron chi connectivity index (χ3n) is 9.32. The van der Waals surface area contributed by atoms with E-state index in [-0.39, 0.29) is 23.7 Å². The lowest BCUT2D eigenvalue weighted by Crippen LogP contribution is -2.32. The van der Waals surface area contributed by atoms with E-state index in [9.17, 15) is 0 Å². The fourth-order valence-electron chi connectivity index (χ4n) is 7.36. The smallest absolute Gasteiger partial charge is 0.163 e. The summed E-state index contributed by atoms with van der Waals surface area (Å²) in [6, 6.07) is 11.1. The molecule has 4 fully saturated rings. The maximum absolute atomic E-state index is 6.59. The van der Waals surface area contributed by atoms with E-state index in [1.807, 2.05) is 19.9 Å². The van der Waals surface area contributed by atoms with E-state index in [4.69, 9.17) is 25.9 Å². The molecular formula is C29H32N6O2. The number of anilines is 2. The number of nitrogens with two attached hydrogens (primary N) is 2. The van der Waals surface area contributed by atoms with Crippen molar-refractivity contribution in [3.05, 3.63) is 54.0 Å². The SMILES string of the molecule is CC1(C)O[C@H]2[C@H](n3ccc4c(N)ncnc43)[C@H]3CC3(CCc3ccc4cc(C5CC5)c(N)nc4c3)[C@H]2O1. The Balaban J connectivity index is 1.10. The second kappa shape index (κ2) is 7.20. The van der Waals surface area contributed by atoms with Gasteiger partial charge in [-0.2, -0.15) is 0 Å². The minimum Gasteiger partial charge on any atom is -0.383 e. The van der Waals surface area contributed by atoms with Crippen LogP contribution in [0.25, 0.3) is 21.9 Å². The number of nitrogen functional groups attached to an aromatic ring is 2. The van der Waals surface area contributed by atoms with Gasteiger partial charge >= 0.3 is 0 Å². The normalized spacial score (nSPS) is 31.6. The molecule has 37 heavy (non-hydrogen) atoms. The number of pyridine rings is 1. The van der Waals surface area contributed by atoms with Crippen LogP contribution in [0.3, 0.4) is 0 Å². The molecule has 8 heteroatoms. The monoisotopic (exact) mass is 496 g/mol. The third-order valence-corrected chi connectivity index (χ3v) is 9.32. The van der Waals surface area contributed by atoms with Crippen LogP contribution in [-0.2, 0) is 15.9 Å². The van der Waals surface area contributed by atoms with Crippen LogP contribution in [0.5, 0.6) is 0 Å². The van der Waals surface area contributed by atoms with Crippen molar-refractivity contribution >= 4 is 33.6 Å². The summed E-state index contributed by atoms with van der Waals surface area (Å²) in [5.41, 5.74) is 16.9. The van der Waals surface area contributed by atoms with E-state index in [0.717, 1.165) is 35.8 Å². The van der Waals surface area contributed by atoms with Crippen molar-refractivity contribution in [3.63, 3.8) is 0 Å². The highest BCUT2D eigenvalue weighted by Gasteiger charge is 2.75. The Morgan fingerprint density at radius 1 is 1.05 bits per heavy atom. The summed E-state index contributed by atoms with van der Waals surface area (Å²) < 4.78 is 15.4. The number of benzene rings is 1. The van der Waals surface area contributed by atoms with Crippen LogP contribution < -0.4 is 11.5 Å². The van der Waals surface area contributed by atoms with Gasteiger partial charge in [0.2, 0.25) is 0 Å². The first-order valence-corrected chi connectivity index (χ1v) is 13.4. The maximum Gasteiger partial charge on any atom is 0.163 e. The molecule has 4 heterocycles. The Morgan fingerprint density at radius 2 is 1.92 bits per heavy atom. The zero-order valence-electron chi connectivity index (χ0n) is 21.2. The predicted octanol–water partition coefficient (Wildman–Crippen LogP) is 4.74. The first-order valence-electron chi connectivity index (χ1n) is 13.4. The van der Waals surface area contributed by atoms with Crippen LogP contribution in [0.15, 0.2) is 42.9 Å². The number of rotatable bonds is 5. The number of hydrogen-bond donors (Lipinski definition) is 2. The largest absolute Gasteiger partial charge is 0.383 e. The summed E-state index contributed by atoms with van der Waals surface area (Å²) in [6.45, 7) is 4.05. The van der Waals surface area contributed by atoms with Gasteiger partial charge in [-0.05, 0) is 87.1 Å².